The summed E-state index contributed by atoms with van der Waals surface area (Å²) in [5.41, 5.74) is 1.86. The van der Waals surface area contributed by atoms with E-state index in [0.717, 1.165) is 11.3 Å². The molecule has 0 aromatic carbocycles. The second kappa shape index (κ2) is 3.85. The standard InChI is InChI=1S/C9H12N2O/c1-7(2)6-12-9-5-10-8(3)4-11-9/h4-5H,1,6H2,2-3H3. The Kier molecular flexibility index (Phi) is 2.80. The van der Waals surface area contributed by atoms with Crippen molar-refractivity contribution >= 4 is 0 Å². The highest BCUT2D eigenvalue weighted by Gasteiger charge is 1.94. The van der Waals surface area contributed by atoms with Gasteiger partial charge in [0.15, 0.2) is 0 Å². The molecule has 1 aromatic rings. The summed E-state index contributed by atoms with van der Waals surface area (Å²) in [5, 5.41) is 0. The Bertz CT molecular complexity index is 266. The van der Waals surface area contributed by atoms with Gasteiger partial charge in [-0.2, -0.15) is 0 Å². The molecule has 0 saturated heterocycles. The molecule has 1 heterocycles. The zero-order valence-electron chi connectivity index (χ0n) is 7.37. The van der Waals surface area contributed by atoms with Crippen molar-refractivity contribution in [3.63, 3.8) is 0 Å². The van der Waals surface area contributed by atoms with Crippen LogP contribution in [-0.2, 0) is 0 Å². The summed E-state index contributed by atoms with van der Waals surface area (Å²) >= 11 is 0. The molecular formula is C9H12N2O. The minimum atomic E-state index is 0.498. The lowest BCUT2D eigenvalue weighted by Crippen LogP contribution is -1.99. The van der Waals surface area contributed by atoms with Gasteiger partial charge in [-0.3, -0.25) is 4.98 Å². The van der Waals surface area contributed by atoms with Crippen LogP contribution in [0.1, 0.15) is 12.6 Å². The van der Waals surface area contributed by atoms with Crippen molar-refractivity contribution in [3.8, 4) is 5.88 Å². The van der Waals surface area contributed by atoms with Crippen LogP contribution in [0.2, 0.25) is 0 Å². The second-order valence-electron chi connectivity index (χ2n) is 2.74. The van der Waals surface area contributed by atoms with Crippen LogP contribution in [0.4, 0.5) is 0 Å². The maximum absolute atomic E-state index is 5.25. The summed E-state index contributed by atoms with van der Waals surface area (Å²) in [5.74, 6) is 0.545. The summed E-state index contributed by atoms with van der Waals surface area (Å²) in [6, 6.07) is 0. The van der Waals surface area contributed by atoms with Gasteiger partial charge in [0, 0.05) is 0 Å². The molecule has 0 aliphatic carbocycles. The van der Waals surface area contributed by atoms with Crippen LogP contribution < -0.4 is 4.74 Å². The number of nitrogens with zero attached hydrogens (tertiary/aromatic N) is 2. The van der Waals surface area contributed by atoms with E-state index >= 15 is 0 Å². The van der Waals surface area contributed by atoms with Crippen LogP contribution in [0.15, 0.2) is 24.5 Å². The number of ether oxygens (including phenoxy) is 1. The molecule has 0 bridgehead atoms. The molecule has 1 aromatic heterocycles. The number of rotatable bonds is 3. The zero-order valence-corrected chi connectivity index (χ0v) is 7.37. The highest BCUT2D eigenvalue weighted by molar-refractivity contribution is 5.07. The fourth-order valence-corrected chi connectivity index (χ4v) is 0.652. The lowest BCUT2D eigenvalue weighted by Gasteiger charge is -2.03. The van der Waals surface area contributed by atoms with E-state index in [1.165, 1.54) is 0 Å². The summed E-state index contributed by atoms with van der Waals surface area (Å²) < 4.78 is 5.25. The molecule has 3 heteroatoms. The lowest BCUT2D eigenvalue weighted by atomic mass is 10.4. The van der Waals surface area contributed by atoms with E-state index in [9.17, 15) is 0 Å². The first-order valence-corrected chi connectivity index (χ1v) is 3.74. The Morgan fingerprint density at radius 3 is 2.75 bits per heavy atom. The Labute approximate surface area is 72.1 Å². The minimum Gasteiger partial charge on any atom is -0.472 e. The van der Waals surface area contributed by atoms with Crippen LogP contribution >= 0.6 is 0 Å². The van der Waals surface area contributed by atoms with Gasteiger partial charge in [-0.05, 0) is 19.4 Å². The van der Waals surface area contributed by atoms with Crippen molar-refractivity contribution in [2.45, 2.75) is 13.8 Å². The fourth-order valence-electron chi connectivity index (χ4n) is 0.652. The van der Waals surface area contributed by atoms with E-state index in [1.54, 1.807) is 12.4 Å². The molecule has 1 rings (SSSR count). The van der Waals surface area contributed by atoms with Crippen LogP contribution in [0.3, 0.4) is 0 Å². The van der Waals surface area contributed by atoms with Crippen molar-refractivity contribution in [2.24, 2.45) is 0 Å². The van der Waals surface area contributed by atoms with Gasteiger partial charge >= 0.3 is 0 Å². The molecule has 0 saturated carbocycles. The van der Waals surface area contributed by atoms with Crippen molar-refractivity contribution in [1.29, 1.82) is 0 Å². The van der Waals surface area contributed by atoms with Crippen LogP contribution in [0.5, 0.6) is 5.88 Å². The predicted octanol–water partition coefficient (Wildman–Crippen LogP) is 1.74. The quantitative estimate of drug-likeness (QED) is 0.638. The van der Waals surface area contributed by atoms with Crippen LogP contribution in [-0.4, -0.2) is 16.6 Å². The first kappa shape index (κ1) is 8.71. The first-order chi connectivity index (χ1) is 5.68. The molecule has 12 heavy (non-hydrogen) atoms. The third-order valence-corrected chi connectivity index (χ3v) is 1.22. The Hall–Kier alpha value is -1.38. The van der Waals surface area contributed by atoms with Gasteiger partial charge in [-0.25, -0.2) is 4.98 Å². The molecule has 0 radical (unpaired) electrons. The maximum atomic E-state index is 5.25. The van der Waals surface area contributed by atoms with Crippen LogP contribution in [0.25, 0.3) is 0 Å². The normalized spacial score (nSPS) is 9.50. The molecule has 0 unspecified atom stereocenters. The Morgan fingerprint density at radius 1 is 1.50 bits per heavy atom. The van der Waals surface area contributed by atoms with Crippen molar-refractivity contribution < 1.29 is 4.74 Å². The molecule has 0 aliphatic rings. The summed E-state index contributed by atoms with van der Waals surface area (Å²) in [7, 11) is 0. The third kappa shape index (κ3) is 2.70. The number of aromatic nitrogens is 2. The highest BCUT2D eigenvalue weighted by Crippen LogP contribution is 2.04. The largest absolute Gasteiger partial charge is 0.472 e. The molecule has 3 nitrogen and oxygen atoms in total. The molecular weight excluding hydrogens is 152 g/mol. The van der Waals surface area contributed by atoms with Crippen molar-refractivity contribution in [3.05, 3.63) is 30.2 Å². The second-order valence-corrected chi connectivity index (χ2v) is 2.74. The van der Waals surface area contributed by atoms with E-state index in [4.69, 9.17) is 4.74 Å². The molecule has 0 fully saturated rings. The van der Waals surface area contributed by atoms with Gasteiger partial charge in [0.1, 0.15) is 6.61 Å². The molecule has 64 valence electrons. The Morgan fingerprint density at radius 2 is 2.25 bits per heavy atom. The minimum absolute atomic E-state index is 0.498. The zero-order chi connectivity index (χ0) is 8.97. The fraction of sp³-hybridized carbons (Fsp3) is 0.333. The SMILES string of the molecule is C=C(C)COc1cnc(C)cn1. The van der Waals surface area contributed by atoms with Gasteiger partial charge in [0.25, 0.3) is 0 Å². The van der Waals surface area contributed by atoms with Crippen LogP contribution in [0, 0.1) is 6.92 Å². The summed E-state index contributed by atoms with van der Waals surface area (Å²) in [6.45, 7) is 8.00. The summed E-state index contributed by atoms with van der Waals surface area (Å²) in [6.07, 6.45) is 3.28. The van der Waals surface area contributed by atoms with Gasteiger partial charge in [-0.15, -0.1) is 0 Å². The predicted molar refractivity (Wildman–Crippen MR) is 47.1 cm³/mol. The molecule has 0 atom stereocenters. The van der Waals surface area contributed by atoms with E-state index in [-0.39, 0.29) is 0 Å². The van der Waals surface area contributed by atoms with E-state index in [1.807, 2.05) is 13.8 Å². The van der Waals surface area contributed by atoms with Gasteiger partial charge in [0.2, 0.25) is 5.88 Å². The maximum Gasteiger partial charge on any atom is 0.232 e. The molecule has 0 spiro atoms. The Balaban J connectivity index is 2.53. The monoisotopic (exact) mass is 164 g/mol. The smallest absolute Gasteiger partial charge is 0.232 e. The number of hydrogen-bond acceptors (Lipinski definition) is 3. The van der Waals surface area contributed by atoms with E-state index < -0.39 is 0 Å². The highest BCUT2D eigenvalue weighted by atomic mass is 16.5. The third-order valence-electron chi connectivity index (χ3n) is 1.22. The average molecular weight is 164 g/mol. The van der Waals surface area contributed by atoms with E-state index in [2.05, 4.69) is 16.5 Å². The first-order valence-electron chi connectivity index (χ1n) is 3.74. The topological polar surface area (TPSA) is 35.0 Å². The summed E-state index contributed by atoms with van der Waals surface area (Å²) in [4.78, 5) is 8.06. The van der Waals surface area contributed by atoms with Gasteiger partial charge in [0.05, 0.1) is 18.1 Å². The number of aryl methyl sites for hydroxylation is 1. The number of hydrogen-bond donors (Lipinski definition) is 0. The lowest BCUT2D eigenvalue weighted by molar-refractivity contribution is 0.337. The molecule has 0 aliphatic heterocycles. The average Bonchev–Trinajstić information content (AvgIpc) is 2.03. The van der Waals surface area contributed by atoms with E-state index in [0.29, 0.717) is 12.5 Å². The van der Waals surface area contributed by atoms with Gasteiger partial charge in [-0.1, -0.05) is 6.58 Å². The van der Waals surface area contributed by atoms with Gasteiger partial charge < -0.3 is 4.74 Å². The van der Waals surface area contributed by atoms with Crippen molar-refractivity contribution in [2.75, 3.05) is 6.61 Å². The van der Waals surface area contributed by atoms with Crippen molar-refractivity contribution in [1.82, 2.24) is 9.97 Å². The molecule has 0 N–H and O–H groups in total. The molecule has 0 amide bonds.